The number of pyridine rings is 2. The zero-order chi connectivity index (χ0) is 9.42. The molecule has 2 rings (SSSR count). The van der Waals surface area contributed by atoms with E-state index in [-0.39, 0.29) is 0 Å². The number of hydrogen-bond donors (Lipinski definition) is 0. The van der Waals surface area contributed by atoms with Gasteiger partial charge in [-0.3, -0.25) is 9.97 Å². The maximum Gasteiger partial charge on any atom is 0.0891 e. The van der Waals surface area contributed by atoms with Gasteiger partial charge in [0.05, 0.1) is 11.7 Å². The summed E-state index contributed by atoms with van der Waals surface area (Å²) < 4.78 is 0. The standard InChI is InChI=1S/C11H12N2/c1-7-4-10-8(2)5-12-6-11(10)13-9(7)3/h4-6H,1-3H3. The van der Waals surface area contributed by atoms with E-state index in [2.05, 4.69) is 29.9 Å². The molecule has 0 aliphatic carbocycles. The Morgan fingerprint density at radius 2 is 1.77 bits per heavy atom. The van der Waals surface area contributed by atoms with Crippen LogP contribution in [0.25, 0.3) is 10.9 Å². The van der Waals surface area contributed by atoms with Crippen molar-refractivity contribution in [3.8, 4) is 0 Å². The highest BCUT2D eigenvalue weighted by Gasteiger charge is 2.01. The van der Waals surface area contributed by atoms with Crippen LogP contribution in [0.15, 0.2) is 18.5 Å². The van der Waals surface area contributed by atoms with Crippen molar-refractivity contribution in [2.75, 3.05) is 0 Å². The predicted molar refractivity (Wildman–Crippen MR) is 53.7 cm³/mol. The minimum Gasteiger partial charge on any atom is -0.262 e. The summed E-state index contributed by atoms with van der Waals surface area (Å²) in [6.07, 6.45) is 3.69. The molecule has 66 valence electrons. The molecule has 0 saturated heterocycles. The first-order chi connectivity index (χ1) is 6.18. The Labute approximate surface area is 77.6 Å². The summed E-state index contributed by atoms with van der Waals surface area (Å²) in [6, 6.07) is 2.18. The fourth-order valence-corrected chi connectivity index (χ4v) is 1.43. The number of rotatable bonds is 0. The smallest absolute Gasteiger partial charge is 0.0891 e. The second-order valence-electron chi connectivity index (χ2n) is 3.41. The van der Waals surface area contributed by atoms with Crippen molar-refractivity contribution in [1.82, 2.24) is 9.97 Å². The van der Waals surface area contributed by atoms with Crippen LogP contribution in [-0.4, -0.2) is 9.97 Å². The molecule has 2 aromatic heterocycles. The summed E-state index contributed by atoms with van der Waals surface area (Å²) in [7, 11) is 0. The van der Waals surface area contributed by atoms with Crippen molar-refractivity contribution in [3.05, 3.63) is 35.3 Å². The van der Waals surface area contributed by atoms with Gasteiger partial charge in [0, 0.05) is 17.3 Å². The average Bonchev–Trinajstić information content (AvgIpc) is 2.09. The Kier molecular flexibility index (Phi) is 1.76. The largest absolute Gasteiger partial charge is 0.262 e. The SMILES string of the molecule is Cc1cc2c(C)cncc2nc1C. The van der Waals surface area contributed by atoms with Crippen molar-refractivity contribution < 1.29 is 0 Å². The Morgan fingerprint density at radius 3 is 2.54 bits per heavy atom. The van der Waals surface area contributed by atoms with Gasteiger partial charge in [0.2, 0.25) is 0 Å². The molecule has 0 fully saturated rings. The van der Waals surface area contributed by atoms with E-state index in [1.54, 1.807) is 0 Å². The molecule has 0 aromatic carbocycles. The summed E-state index contributed by atoms with van der Waals surface area (Å²) in [6.45, 7) is 6.17. The topological polar surface area (TPSA) is 25.8 Å². The molecule has 0 spiro atoms. The second-order valence-corrected chi connectivity index (χ2v) is 3.41. The van der Waals surface area contributed by atoms with Gasteiger partial charge >= 0.3 is 0 Å². The van der Waals surface area contributed by atoms with Gasteiger partial charge in [-0.2, -0.15) is 0 Å². The summed E-state index contributed by atoms with van der Waals surface area (Å²) in [5.41, 5.74) is 4.50. The third-order valence-corrected chi connectivity index (χ3v) is 2.39. The molecule has 0 saturated carbocycles. The van der Waals surface area contributed by atoms with Crippen LogP contribution < -0.4 is 0 Å². The average molecular weight is 172 g/mol. The molecule has 0 aliphatic rings. The molecule has 2 heteroatoms. The van der Waals surface area contributed by atoms with Crippen molar-refractivity contribution in [3.63, 3.8) is 0 Å². The van der Waals surface area contributed by atoms with Crippen molar-refractivity contribution in [1.29, 1.82) is 0 Å². The summed E-state index contributed by atoms with van der Waals surface area (Å²) in [5.74, 6) is 0. The molecule has 2 heterocycles. The lowest BCUT2D eigenvalue weighted by molar-refractivity contribution is 1.17. The molecule has 0 radical (unpaired) electrons. The van der Waals surface area contributed by atoms with E-state index in [1.807, 2.05) is 19.3 Å². The molecule has 0 amide bonds. The Morgan fingerprint density at radius 1 is 1.00 bits per heavy atom. The van der Waals surface area contributed by atoms with E-state index in [1.165, 1.54) is 16.5 Å². The second kappa shape index (κ2) is 2.80. The van der Waals surface area contributed by atoms with Crippen LogP contribution >= 0.6 is 0 Å². The highest BCUT2D eigenvalue weighted by Crippen LogP contribution is 2.17. The molecular weight excluding hydrogens is 160 g/mol. The fourth-order valence-electron chi connectivity index (χ4n) is 1.43. The molecule has 0 unspecified atom stereocenters. The van der Waals surface area contributed by atoms with Crippen LogP contribution in [0.5, 0.6) is 0 Å². The maximum atomic E-state index is 4.47. The van der Waals surface area contributed by atoms with Crippen LogP contribution in [0.3, 0.4) is 0 Å². The number of aryl methyl sites for hydroxylation is 3. The van der Waals surface area contributed by atoms with E-state index >= 15 is 0 Å². The van der Waals surface area contributed by atoms with Crippen LogP contribution in [-0.2, 0) is 0 Å². The Bertz CT molecular complexity index is 461. The van der Waals surface area contributed by atoms with E-state index in [0.717, 1.165) is 11.2 Å². The lowest BCUT2D eigenvalue weighted by Crippen LogP contribution is -1.90. The first kappa shape index (κ1) is 8.17. The summed E-state index contributed by atoms with van der Waals surface area (Å²) in [4.78, 5) is 8.59. The lowest BCUT2D eigenvalue weighted by atomic mass is 10.1. The van der Waals surface area contributed by atoms with Crippen LogP contribution in [0, 0.1) is 20.8 Å². The van der Waals surface area contributed by atoms with Gasteiger partial charge < -0.3 is 0 Å². The van der Waals surface area contributed by atoms with Gasteiger partial charge in [-0.15, -0.1) is 0 Å². The van der Waals surface area contributed by atoms with Gasteiger partial charge in [-0.1, -0.05) is 0 Å². The van der Waals surface area contributed by atoms with Crippen molar-refractivity contribution in [2.45, 2.75) is 20.8 Å². The molecule has 13 heavy (non-hydrogen) atoms. The van der Waals surface area contributed by atoms with Gasteiger partial charge in [0.1, 0.15) is 0 Å². The third-order valence-electron chi connectivity index (χ3n) is 2.39. The van der Waals surface area contributed by atoms with E-state index in [9.17, 15) is 0 Å². The van der Waals surface area contributed by atoms with Gasteiger partial charge in [-0.25, -0.2) is 0 Å². The van der Waals surface area contributed by atoms with Crippen molar-refractivity contribution >= 4 is 10.9 Å². The van der Waals surface area contributed by atoms with E-state index in [4.69, 9.17) is 0 Å². The molecule has 2 aromatic rings. The number of aromatic nitrogens is 2. The molecule has 0 atom stereocenters. The van der Waals surface area contributed by atoms with E-state index in [0.29, 0.717) is 0 Å². The number of nitrogens with zero attached hydrogens (tertiary/aromatic N) is 2. The number of fused-ring (bicyclic) bond motifs is 1. The highest BCUT2D eigenvalue weighted by molar-refractivity contribution is 5.81. The van der Waals surface area contributed by atoms with E-state index < -0.39 is 0 Å². The maximum absolute atomic E-state index is 4.47. The zero-order valence-electron chi connectivity index (χ0n) is 8.13. The molecule has 0 aliphatic heterocycles. The van der Waals surface area contributed by atoms with Crippen molar-refractivity contribution in [2.24, 2.45) is 0 Å². The fraction of sp³-hybridized carbons (Fsp3) is 0.273. The number of hydrogen-bond acceptors (Lipinski definition) is 2. The quantitative estimate of drug-likeness (QED) is 0.610. The molecular formula is C11H12N2. The molecule has 2 nitrogen and oxygen atoms in total. The molecule has 0 bridgehead atoms. The first-order valence-electron chi connectivity index (χ1n) is 4.37. The normalized spacial score (nSPS) is 10.7. The minimum absolute atomic E-state index is 0.989. The molecule has 0 N–H and O–H groups in total. The van der Waals surface area contributed by atoms with Crippen LogP contribution in [0.1, 0.15) is 16.8 Å². The lowest BCUT2D eigenvalue weighted by Gasteiger charge is -2.04. The zero-order valence-corrected chi connectivity index (χ0v) is 8.13. The van der Waals surface area contributed by atoms with Gasteiger partial charge in [0.25, 0.3) is 0 Å². The van der Waals surface area contributed by atoms with Gasteiger partial charge in [0.15, 0.2) is 0 Å². The van der Waals surface area contributed by atoms with Gasteiger partial charge in [-0.05, 0) is 38.0 Å². The Balaban J connectivity index is 2.89. The first-order valence-corrected chi connectivity index (χ1v) is 4.37. The van der Waals surface area contributed by atoms with Crippen LogP contribution in [0.4, 0.5) is 0 Å². The Hall–Kier alpha value is -1.44. The minimum atomic E-state index is 0.989. The monoisotopic (exact) mass is 172 g/mol. The highest BCUT2D eigenvalue weighted by atomic mass is 14.7. The predicted octanol–water partition coefficient (Wildman–Crippen LogP) is 2.56. The third kappa shape index (κ3) is 1.28. The summed E-state index contributed by atoms with van der Waals surface area (Å²) >= 11 is 0. The van der Waals surface area contributed by atoms with Crippen LogP contribution in [0.2, 0.25) is 0 Å². The summed E-state index contributed by atoms with van der Waals surface area (Å²) in [5, 5.41) is 1.21.